The molecule has 2 aromatic rings. The molecule has 0 N–H and O–H groups in total. The Morgan fingerprint density at radius 3 is 2.53 bits per heavy atom. The molecule has 1 aromatic carbocycles. The summed E-state index contributed by atoms with van der Waals surface area (Å²) in [5.41, 5.74) is 1.13. The van der Waals surface area contributed by atoms with Crippen LogP contribution in [0.15, 0.2) is 40.8 Å². The first-order chi connectivity index (χ1) is 8.19. The summed E-state index contributed by atoms with van der Waals surface area (Å²) in [5.74, 6) is 1.00. The van der Waals surface area contributed by atoms with Gasteiger partial charge in [-0.05, 0) is 23.8 Å². The molecule has 0 radical (unpaired) electrons. The molecule has 0 unspecified atom stereocenters. The molecule has 88 valence electrons. The lowest BCUT2D eigenvalue weighted by atomic mass is 10.2. The second-order valence-corrected chi connectivity index (χ2v) is 4.21. The van der Waals surface area contributed by atoms with Crippen LogP contribution in [0.4, 0.5) is 5.88 Å². The van der Waals surface area contributed by atoms with Crippen LogP contribution in [0.3, 0.4) is 0 Å². The minimum absolute atomic E-state index is 0.336. The van der Waals surface area contributed by atoms with Crippen LogP contribution in [0.25, 0.3) is 0 Å². The van der Waals surface area contributed by atoms with Crippen molar-refractivity contribution in [2.24, 2.45) is 0 Å². The predicted octanol–water partition coefficient (Wildman–Crippen LogP) is 3.38. The van der Waals surface area contributed by atoms with Crippen LogP contribution in [0.5, 0.6) is 0 Å². The van der Waals surface area contributed by atoms with Crippen molar-refractivity contribution in [3.63, 3.8) is 0 Å². The second kappa shape index (κ2) is 5.06. The summed E-state index contributed by atoms with van der Waals surface area (Å²) in [4.78, 5) is 12.4. The van der Waals surface area contributed by atoms with Crippen LogP contribution < -0.4 is 4.90 Å². The van der Waals surface area contributed by atoms with Crippen molar-refractivity contribution in [2.45, 2.75) is 6.54 Å². The van der Waals surface area contributed by atoms with Gasteiger partial charge in [0.15, 0.2) is 17.9 Å². The molecule has 0 fully saturated rings. The van der Waals surface area contributed by atoms with E-state index in [0.29, 0.717) is 24.5 Å². The number of carbonyl (C=O) groups excluding carboxylic acids is 1. The molecular formula is C13H12ClNO2. The Balaban J connectivity index is 2.08. The van der Waals surface area contributed by atoms with Gasteiger partial charge in [0.1, 0.15) is 0 Å². The largest absolute Gasteiger partial charge is 0.438 e. The minimum Gasteiger partial charge on any atom is -0.438 e. The zero-order chi connectivity index (χ0) is 12.3. The molecule has 0 saturated heterocycles. The Hall–Kier alpha value is -1.74. The third kappa shape index (κ3) is 2.88. The number of carbonyl (C=O) groups is 1. The third-order valence-corrected chi connectivity index (χ3v) is 2.69. The Bertz CT molecular complexity index is 504. The predicted molar refractivity (Wildman–Crippen MR) is 67.7 cm³/mol. The Morgan fingerprint density at radius 1 is 1.24 bits per heavy atom. The van der Waals surface area contributed by atoms with Gasteiger partial charge in [0, 0.05) is 24.7 Å². The van der Waals surface area contributed by atoms with E-state index in [2.05, 4.69) is 0 Å². The molecule has 0 bridgehead atoms. The number of furan rings is 1. The highest BCUT2D eigenvalue weighted by Gasteiger charge is 2.07. The average molecular weight is 250 g/mol. The van der Waals surface area contributed by atoms with Crippen LogP contribution in [-0.2, 0) is 6.54 Å². The van der Waals surface area contributed by atoms with Gasteiger partial charge in [0.2, 0.25) is 0 Å². The summed E-state index contributed by atoms with van der Waals surface area (Å²) in [7, 11) is 1.90. The summed E-state index contributed by atoms with van der Waals surface area (Å²) in [6.45, 7) is 0.697. The Kier molecular flexibility index (Phi) is 3.49. The summed E-state index contributed by atoms with van der Waals surface area (Å²) >= 11 is 5.82. The second-order valence-electron chi connectivity index (χ2n) is 3.78. The number of halogens is 1. The number of benzene rings is 1. The molecule has 3 nitrogen and oxygen atoms in total. The number of rotatable bonds is 4. The fourth-order valence-corrected chi connectivity index (χ4v) is 1.68. The van der Waals surface area contributed by atoms with Gasteiger partial charge in [-0.15, -0.1) is 0 Å². The molecule has 0 spiro atoms. The third-order valence-electron chi connectivity index (χ3n) is 2.44. The van der Waals surface area contributed by atoms with Crippen LogP contribution >= 0.6 is 11.6 Å². The van der Waals surface area contributed by atoms with Crippen LogP contribution in [0, 0.1) is 0 Å². The summed E-state index contributed by atoms with van der Waals surface area (Å²) < 4.78 is 5.32. The monoisotopic (exact) mass is 249 g/mol. The fourth-order valence-electron chi connectivity index (χ4n) is 1.55. The standard InChI is InChI=1S/C13H12ClNO2/c1-15(13-7-6-12(9-16)17-13)8-10-2-4-11(14)5-3-10/h2-7,9H,8H2,1H3. The number of anilines is 1. The van der Waals surface area contributed by atoms with Crippen molar-refractivity contribution in [3.05, 3.63) is 52.7 Å². The fraction of sp³-hybridized carbons (Fsp3) is 0.154. The van der Waals surface area contributed by atoms with Crippen LogP contribution in [0.1, 0.15) is 16.1 Å². The molecule has 0 aliphatic carbocycles. The molecule has 4 heteroatoms. The van der Waals surface area contributed by atoms with E-state index in [-0.39, 0.29) is 0 Å². The highest BCUT2D eigenvalue weighted by molar-refractivity contribution is 6.30. The van der Waals surface area contributed by atoms with E-state index < -0.39 is 0 Å². The molecule has 0 saturated carbocycles. The van der Waals surface area contributed by atoms with Crippen molar-refractivity contribution in [1.82, 2.24) is 0 Å². The Morgan fingerprint density at radius 2 is 1.94 bits per heavy atom. The number of nitrogens with zero attached hydrogens (tertiary/aromatic N) is 1. The molecule has 1 heterocycles. The van der Waals surface area contributed by atoms with Gasteiger partial charge in [0.25, 0.3) is 0 Å². The van der Waals surface area contributed by atoms with E-state index >= 15 is 0 Å². The maximum absolute atomic E-state index is 10.5. The van der Waals surface area contributed by atoms with Gasteiger partial charge in [-0.2, -0.15) is 0 Å². The first-order valence-corrected chi connectivity index (χ1v) is 5.57. The van der Waals surface area contributed by atoms with Gasteiger partial charge in [-0.25, -0.2) is 0 Å². The normalized spacial score (nSPS) is 10.2. The van der Waals surface area contributed by atoms with Crippen molar-refractivity contribution in [3.8, 4) is 0 Å². The van der Waals surface area contributed by atoms with E-state index in [4.69, 9.17) is 16.0 Å². The molecule has 1 aromatic heterocycles. The quantitative estimate of drug-likeness (QED) is 0.779. The lowest BCUT2D eigenvalue weighted by molar-refractivity contribution is 0.110. The lowest BCUT2D eigenvalue weighted by Gasteiger charge is -2.15. The average Bonchev–Trinajstić information content (AvgIpc) is 2.81. The molecule has 0 aliphatic heterocycles. The highest BCUT2D eigenvalue weighted by atomic mass is 35.5. The topological polar surface area (TPSA) is 33.5 Å². The number of hydrogen-bond acceptors (Lipinski definition) is 3. The van der Waals surface area contributed by atoms with Gasteiger partial charge < -0.3 is 9.32 Å². The minimum atomic E-state index is 0.336. The van der Waals surface area contributed by atoms with E-state index in [1.165, 1.54) is 0 Å². The van der Waals surface area contributed by atoms with E-state index in [0.717, 1.165) is 10.6 Å². The van der Waals surface area contributed by atoms with Crippen LogP contribution in [0.2, 0.25) is 5.02 Å². The zero-order valence-electron chi connectivity index (χ0n) is 9.39. The maximum Gasteiger partial charge on any atom is 0.196 e. The maximum atomic E-state index is 10.5. The molecule has 2 rings (SSSR count). The first kappa shape index (κ1) is 11.7. The zero-order valence-corrected chi connectivity index (χ0v) is 10.1. The molecular weight excluding hydrogens is 238 g/mol. The van der Waals surface area contributed by atoms with E-state index in [9.17, 15) is 4.79 Å². The van der Waals surface area contributed by atoms with Gasteiger partial charge in [0.05, 0.1) is 0 Å². The van der Waals surface area contributed by atoms with Crippen molar-refractivity contribution in [2.75, 3.05) is 11.9 Å². The molecule has 0 amide bonds. The number of aldehydes is 1. The van der Waals surface area contributed by atoms with Crippen molar-refractivity contribution >= 4 is 23.8 Å². The van der Waals surface area contributed by atoms with Gasteiger partial charge in [-0.3, -0.25) is 4.79 Å². The first-order valence-electron chi connectivity index (χ1n) is 5.19. The SMILES string of the molecule is CN(Cc1ccc(Cl)cc1)c1ccc(C=O)o1. The smallest absolute Gasteiger partial charge is 0.196 e. The lowest BCUT2D eigenvalue weighted by Crippen LogP contribution is -2.15. The van der Waals surface area contributed by atoms with Crippen molar-refractivity contribution < 1.29 is 9.21 Å². The van der Waals surface area contributed by atoms with E-state index in [1.807, 2.05) is 36.2 Å². The molecule has 0 aliphatic rings. The summed E-state index contributed by atoms with van der Waals surface area (Å²) in [6.07, 6.45) is 0.694. The van der Waals surface area contributed by atoms with Crippen molar-refractivity contribution in [1.29, 1.82) is 0 Å². The van der Waals surface area contributed by atoms with Gasteiger partial charge >= 0.3 is 0 Å². The molecule has 17 heavy (non-hydrogen) atoms. The number of hydrogen-bond donors (Lipinski definition) is 0. The van der Waals surface area contributed by atoms with Crippen LogP contribution in [-0.4, -0.2) is 13.3 Å². The Labute approximate surface area is 105 Å². The molecule has 0 atom stereocenters. The summed E-state index contributed by atoms with van der Waals surface area (Å²) in [6, 6.07) is 11.1. The highest BCUT2D eigenvalue weighted by Crippen LogP contribution is 2.19. The van der Waals surface area contributed by atoms with Gasteiger partial charge in [-0.1, -0.05) is 23.7 Å². The van der Waals surface area contributed by atoms with E-state index in [1.54, 1.807) is 12.1 Å². The summed E-state index contributed by atoms with van der Waals surface area (Å²) in [5, 5.41) is 0.720.